The summed E-state index contributed by atoms with van der Waals surface area (Å²) >= 11 is 0. The van der Waals surface area contributed by atoms with E-state index in [-0.39, 0.29) is 5.48 Å². The molecule has 9 heteroatoms. The second-order valence-corrected chi connectivity index (χ2v) is 2.83. The summed E-state index contributed by atoms with van der Waals surface area (Å²) in [5.41, 5.74) is 1.75. The summed E-state index contributed by atoms with van der Waals surface area (Å²) in [4.78, 5) is 0. The minimum atomic E-state index is -1.83. The fourth-order valence-electron chi connectivity index (χ4n) is 0.823. The molecular formula is C6H18N2O7. The first-order valence-electron chi connectivity index (χ1n) is 3.93. The number of nitrogens with one attached hydrogen (secondary N) is 1. The molecule has 0 aromatic heterocycles. The van der Waals surface area contributed by atoms with E-state index < -0.39 is 37.3 Å². The van der Waals surface area contributed by atoms with Gasteiger partial charge in [-0.15, -0.1) is 0 Å². The predicted octanol–water partition coefficient (Wildman–Crippen LogP) is -5.62. The van der Waals surface area contributed by atoms with Crippen LogP contribution in [0.5, 0.6) is 0 Å². The summed E-state index contributed by atoms with van der Waals surface area (Å²) in [5, 5.41) is 53.6. The van der Waals surface area contributed by atoms with Crippen LogP contribution >= 0.6 is 0 Å². The van der Waals surface area contributed by atoms with Crippen molar-refractivity contribution in [3.05, 3.63) is 0 Å². The standard InChI is InChI=1S/C6H16N2O6.H2O/c7-8-6(14)5(13)4(12)3(11)2(10)1-9;/h2-6,8-14H,1,7H2;1H2/t2-,3-,4+,5+,6?;/m1./s1. The average molecular weight is 230 g/mol. The Labute approximate surface area is 85.7 Å². The monoisotopic (exact) mass is 230 g/mol. The van der Waals surface area contributed by atoms with Crippen LogP contribution in [0, 0.1) is 0 Å². The van der Waals surface area contributed by atoms with Crippen LogP contribution < -0.4 is 11.3 Å². The lowest BCUT2D eigenvalue weighted by Gasteiger charge is -2.27. The Morgan fingerprint density at radius 3 is 1.73 bits per heavy atom. The van der Waals surface area contributed by atoms with Gasteiger partial charge in [-0.1, -0.05) is 0 Å². The maximum absolute atomic E-state index is 9.16. The van der Waals surface area contributed by atoms with Gasteiger partial charge in [-0.25, -0.2) is 5.43 Å². The van der Waals surface area contributed by atoms with E-state index in [1.807, 2.05) is 0 Å². The SMILES string of the molecule is NNC(O)[C@@H](O)[C@@H](O)[C@H](O)[C@H](O)CO.O. The molecule has 0 heterocycles. The number of hydrogen-bond acceptors (Lipinski definition) is 8. The average Bonchev–Trinajstić information content (AvgIpc) is 2.23. The molecule has 0 fully saturated rings. The van der Waals surface area contributed by atoms with Crippen LogP contribution in [0.4, 0.5) is 0 Å². The van der Waals surface area contributed by atoms with E-state index in [4.69, 9.17) is 36.5 Å². The van der Waals surface area contributed by atoms with Crippen molar-refractivity contribution < 1.29 is 36.1 Å². The van der Waals surface area contributed by atoms with E-state index in [1.165, 1.54) is 0 Å². The number of aliphatic hydroxyl groups is 6. The zero-order chi connectivity index (χ0) is 11.3. The summed E-state index contributed by atoms with van der Waals surface area (Å²) in [6.45, 7) is -0.781. The van der Waals surface area contributed by atoms with E-state index in [2.05, 4.69) is 0 Å². The van der Waals surface area contributed by atoms with Gasteiger partial charge in [0.05, 0.1) is 6.61 Å². The van der Waals surface area contributed by atoms with Crippen molar-refractivity contribution >= 4 is 0 Å². The highest BCUT2D eigenvalue weighted by atomic mass is 16.4. The predicted molar refractivity (Wildman–Crippen MR) is 48.1 cm³/mol. The molecule has 0 saturated carbocycles. The van der Waals surface area contributed by atoms with Crippen LogP contribution in [0.1, 0.15) is 0 Å². The lowest BCUT2D eigenvalue weighted by molar-refractivity contribution is -0.145. The third-order valence-electron chi connectivity index (χ3n) is 1.78. The van der Waals surface area contributed by atoms with Crippen LogP contribution in [0.15, 0.2) is 0 Å². The molecule has 9 nitrogen and oxygen atoms in total. The van der Waals surface area contributed by atoms with Gasteiger partial charge in [-0.05, 0) is 0 Å². The fourth-order valence-corrected chi connectivity index (χ4v) is 0.823. The highest BCUT2D eigenvalue weighted by molar-refractivity contribution is 4.82. The second kappa shape index (κ2) is 7.87. The maximum Gasteiger partial charge on any atom is 0.145 e. The third kappa shape index (κ3) is 4.79. The molecule has 15 heavy (non-hydrogen) atoms. The van der Waals surface area contributed by atoms with Gasteiger partial charge in [0.25, 0.3) is 0 Å². The number of nitrogens with two attached hydrogens (primary N) is 1. The molecule has 94 valence electrons. The Morgan fingerprint density at radius 1 is 0.933 bits per heavy atom. The van der Waals surface area contributed by atoms with Crippen LogP contribution in [-0.4, -0.2) is 73.4 Å². The Hall–Kier alpha value is -0.360. The molecule has 0 bridgehead atoms. The van der Waals surface area contributed by atoms with Gasteiger partial charge in [0.1, 0.15) is 30.6 Å². The molecule has 0 saturated heterocycles. The molecule has 0 aliphatic rings. The summed E-state index contributed by atoms with van der Waals surface area (Å²) in [6.07, 6.45) is -8.65. The minimum absolute atomic E-state index is 0. The topological polar surface area (TPSA) is 191 Å². The second-order valence-electron chi connectivity index (χ2n) is 2.83. The van der Waals surface area contributed by atoms with E-state index in [0.29, 0.717) is 0 Å². The molecule has 0 rings (SSSR count). The number of hydrogen-bond donors (Lipinski definition) is 8. The van der Waals surface area contributed by atoms with Gasteiger partial charge < -0.3 is 36.1 Å². The van der Waals surface area contributed by atoms with Crippen molar-refractivity contribution in [2.45, 2.75) is 30.6 Å². The zero-order valence-corrected chi connectivity index (χ0v) is 7.85. The van der Waals surface area contributed by atoms with Gasteiger partial charge in [0, 0.05) is 0 Å². The quantitative estimate of drug-likeness (QED) is 0.126. The Balaban J connectivity index is 0. The molecule has 0 aliphatic heterocycles. The number of aliphatic hydroxyl groups excluding tert-OH is 6. The molecule has 0 aromatic carbocycles. The molecule has 0 spiro atoms. The largest absolute Gasteiger partial charge is 0.412 e. The number of rotatable bonds is 6. The van der Waals surface area contributed by atoms with Gasteiger partial charge in [-0.3, -0.25) is 5.84 Å². The molecule has 1 unspecified atom stereocenters. The van der Waals surface area contributed by atoms with Crippen molar-refractivity contribution in [2.24, 2.45) is 5.84 Å². The first-order chi connectivity index (χ1) is 6.45. The van der Waals surface area contributed by atoms with Crippen molar-refractivity contribution in [3.8, 4) is 0 Å². The Bertz CT molecular complexity index is 144. The zero-order valence-electron chi connectivity index (χ0n) is 7.85. The highest BCUT2D eigenvalue weighted by Crippen LogP contribution is 2.06. The van der Waals surface area contributed by atoms with Gasteiger partial charge in [-0.2, -0.15) is 0 Å². The van der Waals surface area contributed by atoms with Crippen LogP contribution in [0.25, 0.3) is 0 Å². The normalized spacial score (nSPS) is 21.0. The molecule has 0 amide bonds. The van der Waals surface area contributed by atoms with Crippen molar-refractivity contribution in [3.63, 3.8) is 0 Å². The number of hydrazine groups is 1. The first-order valence-corrected chi connectivity index (χ1v) is 3.93. The van der Waals surface area contributed by atoms with Crippen molar-refractivity contribution in [1.29, 1.82) is 0 Å². The van der Waals surface area contributed by atoms with E-state index in [1.54, 1.807) is 5.43 Å². The van der Waals surface area contributed by atoms with E-state index in [9.17, 15) is 0 Å². The molecule has 5 atom stereocenters. The van der Waals surface area contributed by atoms with E-state index in [0.717, 1.165) is 0 Å². The van der Waals surface area contributed by atoms with E-state index >= 15 is 0 Å². The summed E-state index contributed by atoms with van der Waals surface area (Å²) in [7, 11) is 0. The first kappa shape index (κ1) is 17.0. The summed E-state index contributed by atoms with van der Waals surface area (Å²) < 4.78 is 0. The van der Waals surface area contributed by atoms with Crippen LogP contribution in [0.3, 0.4) is 0 Å². The van der Waals surface area contributed by atoms with Crippen molar-refractivity contribution in [2.75, 3.05) is 6.61 Å². The fraction of sp³-hybridized carbons (Fsp3) is 1.00. The smallest absolute Gasteiger partial charge is 0.145 e. The lowest BCUT2D eigenvalue weighted by atomic mass is 10.0. The Morgan fingerprint density at radius 2 is 1.40 bits per heavy atom. The molecular weight excluding hydrogens is 212 g/mol. The van der Waals surface area contributed by atoms with Gasteiger partial charge >= 0.3 is 0 Å². The van der Waals surface area contributed by atoms with Gasteiger partial charge in [0.2, 0.25) is 0 Å². The molecule has 0 aliphatic carbocycles. The Kier molecular flexibility index (Phi) is 8.95. The molecule has 0 radical (unpaired) electrons. The summed E-state index contributed by atoms with van der Waals surface area (Å²) in [5.74, 6) is 4.75. The molecule has 0 aromatic rings. The third-order valence-corrected chi connectivity index (χ3v) is 1.78. The van der Waals surface area contributed by atoms with Crippen LogP contribution in [-0.2, 0) is 0 Å². The highest BCUT2D eigenvalue weighted by Gasteiger charge is 2.33. The van der Waals surface area contributed by atoms with Gasteiger partial charge in [0.15, 0.2) is 0 Å². The van der Waals surface area contributed by atoms with Crippen LogP contribution in [0.2, 0.25) is 0 Å². The lowest BCUT2D eigenvalue weighted by Crippen LogP contribution is -2.55. The summed E-state index contributed by atoms with van der Waals surface area (Å²) in [6, 6.07) is 0. The minimum Gasteiger partial charge on any atom is -0.412 e. The maximum atomic E-state index is 9.16. The molecule has 11 N–H and O–H groups in total. The van der Waals surface area contributed by atoms with Crippen molar-refractivity contribution in [1.82, 2.24) is 5.43 Å².